The monoisotopic (exact) mass is 593 g/mol. The lowest BCUT2D eigenvalue weighted by molar-refractivity contribution is -0.0494. The van der Waals surface area contributed by atoms with Crippen molar-refractivity contribution in [2.75, 3.05) is 12.4 Å². The van der Waals surface area contributed by atoms with E-state index in [9.17, 15) is 22.3 Å². The van der Waals surface area contributed by atoms with Crippen molar-refractivity contribution < 1.29 is 27.0 Å². The molecule has 1 atom stereocenters. The van der Waals surface area contributed by atoms with Crippen LogP contribution in [0.5, 0.6) is 5.75 Å². The van der Waals surface area contributed by atoms with Gasteiger partial charge in [-0.25, -0.2) is 17.9 Å². The van der Waals surface area contributed by atoms with E-state index >= 15 is 0 Å². The highest BCUT2D eigenvalue weighted by Crippen LogP contribution is 2.39. The molecule has 2 aromatic carbocycles. The maximum absolute atomic E-state index is 13.7. The van der Waals surface area contributed by atoms with Crippen LogP contribution in [0.15, 0.2) is 83.2 Å². The molecular weight excluding hydrogens is 568 g/mol. The maximum atomic E-state index is 13.7. The number of aliphatic hydroxyl groups excluding tert-OH is 1. The van der Waals surface area contributed by atoms with Crippen LogP contribution in [0.25, 0.3) is 23.0 Å². The Balaban J connectivity index is 1.41. The summed E-state index contributed by atoms with van der Waals surface area (Å²) >= 11 is 0. The molecule has 1 aliphatic rings. The van der Waals surface area contributed by atoms with Gasteiger partial charge in [0.2, 0.25) is 9.84 Å². The van der Waals surface area contributed by atoms with Gasteiger partial charge >= 0.3 is 6.61 Å². The average Bonchev–Trinajstić information content (AvgIpc) is 3.55. The standard InChI is InChI=1S/C28H25F2N7O4S/c1-35-11-8-17-12-19(5-4-18(17)15-35)42(39,40)20-6-7-24(41-28(29)30)21(13-20)25-23(16-36(2)34-25)33-27(38)22-14-32-37-10-3-9-31-26(22)37/h3-14,16,27-28,33,38H,15H2,1-2H3. The number of halogens is 2. The lowest BCUT2D eigenvalue weighted by atomic mass is 10.1. The van der Waals surface area contributed by atoms with Crippen molar-refractivity contribution in [3.63, 3.8) is 0 Å². The highest BCUT2D eigenvalue weighted by molar-refractivity contribution is 7.91. The van der Waals surface area contributed by atoms with Gasteiger partial charge in [0.1, 0.15) is 11.4 Å². The van der Waals surface area contributed by atoms with Gasteiger partial charge in [0.25, 0.3) is 0 Å². The fourth-order valence-electron chi connectivity index (χ4n) is 4.82. The normalized spacial score (nSPS) is 13.9. The number of nitrogens with zero attached hydrogens (tertiary/aromatic N) is 6. The summed E-state index contributed by atoms with van der Waals surface area (Å²) in [6.07, 6.45) is 8.58. The van der Waals surface area contributed by atoms with Crippen LogP contribution >= 0.6 is 0 Å². The highest BCUT2D eigenvalue weighted by atomic mass is 32.2. The number of hydrogen-bond donors (Lipinski definition) is 2. The zero-order valence-corrected chi connectivity index (χ0v) is 23.2. The van der Waals surface area contributed by atoms with Crippen LogP contribution in [0.2, 0.25) is 0 Å². The maximum Gasteiger partial charge on any atom is 0.387 e. The first-order valence-corrected chi connectivity index (χ1v) is 14.2. The molecule has 0 amide bonds. The van der Waals surface area contributed by atoms with E-state index in [1.807, 2.05) is 24.2 Å². The van der Waals surface area contributed by atoms with Crippen molar-refractivity contribution in [3.05, 3.63) is 90.1 Å². The summed E-state index contributed by atoms with van der Waals surface area (Å²) in [6.45, 7) is -2.53. The lowest BCUT2D eigenvalue weighted by Crippen LogP contribution is -2.15. The Labute approximate surface area is 239 Å². The fourth-order valence-corrected chi connectivity index (χ4v) is 6.14. The molecular formula is C28H25F2N7O4S. The largest absolute Gasteiger partial charge is 0.434 e. The van der Waals surface area contributed by atoms with Gasteiger partial charge in [-0.1, -0.05) is 6.07 Å². The minimum atomic E-state index is -4.06. The van der Waals surface area contributed by atoms with E-state index in [4.69, 9.17) is 4.74 Å². The second-order valence-corrected chi connectivity index (χ2v) is 11.7. The molecule has 11 nitrogen and oxygen atoms in total. The van der Waals surface area contributed by atoms with Crippen LogP contribution in [0.1, 0.15) is 22.9 Å². The molecule has 0 saturated carbocycles. The van der Waals surface area contributed by atoms with Crippen molar-refractivity contribution in [3.8, 4) is 17.0 Å². The summed E-state index contributed by atoms with van der Waals surface area (Å²) in [5.74, 6) is -0.283. The second-order valence-electron chi connectivity index (χ2n) is 9.73. The number of aryl methyl sites for hydroxylation is 1. The zero-order chi connectivity index (χ0) is 29.6. The summed E-state index contributed by atoms with van der Waals surface area (Å²) in [5, 5.41) is 22.5. The lowest BCUT2D eigenvalue weighted by Gasteiger charge is -2.21. The molecule has 1 aliphatic heterocycles. The molecule has 4 heterocycles. The number of anilines is 1. The number of hydrogen-bond acceptors (Lipinski definition) is 9. The van der Waals surface area contributed by atoms with Gasteiger partial charge in [0, 0.05) is 44.8 Å². The van der Waals surface area contributed by atoms with Gasteiger partial charge < -0.3 is 20.1 Å². The fraction of sp³-hybridized carbons (Fsp3) is 0.179. The number of nitrogens with one attached hydrogen (secondary N) is 1. The number of sulfone groups is 1. The van der Waals surface area contributed by atoms with Crippen LogP contribution in [0.3, 0.4) is 0 Å². The molecule has 3 aromatic heterocycles. The topological polar surface area (TPSA) is 127 Å². The quantitative estimate of drug-likeness (QED) is 0.256. The molecule has 0 spiro atoms. The summed E-state index contributed by atoms with van der Waals surface area (Å²) in [7, 11) is -0.544. The summed E-state index contributed by atoms with van der Waals surface area (Å²) in [4.78, 5) is 6.13. The average molecular weight is 594 g/mol. The number of rotatable bonds is 8. The summed E-state index contributed by atoms with van der Waals surface area (Å²) in [6, 6.07) is 10.2. The minimum Gasteiger partial charge on any atom is -0.434 e. The van der Waals surface area contributed by atoms with Gasteiger partial charge in [-0.05, 0) is 59.8 Å². The molecule has 42 heavy (non-hydrogen) atoms. The van der Waals surface area contributed by atoms with Crippen molar-refractivity contribution in [1.29, 1.82) is 0 Å². The van der Waals surface area contributed by atoms with Gasteiger partial charge in [0.05, 0.1) is 27.2 Å². The number of alkyl halides is 2. The Morgan fingerprint density at radius 1 is 1.12 bits per heavy atom. The van der Waals surface area contributed by atoms with Crippen molar-refractivity contribution in [2.45, 2.75) is 29.2 Å². The molecule has 0 bridgehead atoms. The van der Waals surface area contributed by atoms with Crippen molar-refractivity contribution in [2.24, 2.45) is 7.05 Å². The first kappa shape index (κ1) is 27.4. The third kappa shape index (κ3) is 5.05. The van der Waals surface area contributed by atoms with Crippen molar-refractivity contribution >= 4 is 27.2 Å². The predicted octanol–water partition coefficient (Wildman–Crippen LogP) is 4.08. The van der Waals surface area contributed by atoms with Gasteiger partial charge in [0.15, 0.2) is 11.9 Å². The molecule has 14 heteroatoms. The van der Waals surface area contributed by atoms with E-state index < -0.39 is 22.7 Å². The van der Waals surface area contributed by atoms with Crippen molar-refractivity contribution in [1.82, 2.24) is 29.3 Å². The Morgan fingerprint density at radius 3 is 2.71 bits per heavy atom. The van der Waals surface area contributed by atoms with Gasteiger partial charge in [-0.2, -0.15) is 19.0 Å². The number of fused-ring (bicyclic) bond motifs is 2. The molecule has 5 aromatic rings. The molecule has 216 valence electrons. The number of aromatic nitrogens is 5. The van der Waals surface area contributed by atoms with Gasteiger partial charge in [-0.3, -0.25) is 4.68 Å². The first-order valence-electron chi connectivity index (χ1n) is 12.7. The van der Waals surface area contributed by atoms with Crippen LogP contribution < -0.4 is 10.1 Å². The SMILES string of the molecule is CN1C=Cc2cc(S(=O)(=O)c3ccc(OC(F)F)c(-c4nn(C)cc4NC(O)c4cnn5cccnc45)c3)ccc2C1. The molecule has 0 fully saturated rings. The number of aliphatic hydroxyl groups is 1. The molecule has 1 unspecified atom stereocenters. The van der Waals surface area contributed by atoms with Crippen LogP contribution in [-0.2, 0) is 23.4 Å². The zero-order valence-electron chi connectivity index (χ0n) is 22.4. The van der Waals surface area contributed by atoms with E-state index in [2.05, 4.69) is 20.5 Å². The minimum absolute atomic E-state index is 0.0101. The van der Waals surface area contributed by atoms with E-state index in [1.165, 1.54) is 45.9 Å². The Morgan fingerprint density at radius 2 is 1.90 bits per heavy atom. The molecule has 2 N–H and O–H groups in total. The Hall–Kier alpha value is -4.82. The number of ether oxygens (including phenoxy) is 1. The van der Waals surface area contributed by atoms with E-state index in [0.29, 0.717) is 17.8 Å². The first-order chi connectivity index (χ1) is 20.1. The van der Waals surface area contributed by atoms with Crippen LogP contribution in [0.4, 0.5) is 14.5 Å². The smallest absolute Gasteiger partial charge is 0.387 e. The van der Waals surface area contributed by atoms with Crippen LogP contribution in [0, 0.1) is 0 Å². The van der Waals surface area contributed by atoms with E-state index in [1.54, 1.807) is 37.6 Å². The van der Waals surface area contributed by atoms with Gasteiger partial charge in [-0.15, -0.1) is 0 Å². The predicted molar refractivity (Wildman–Crippen MR) is 149 cm³/mol. The number of benzene rings is 2. The molecule has 0 radical (unpaired) electrons. The molecule has 6 rings (SSSR count). The third-order valence-electron chi connectivity index (χ3n) is 6.81. The Bertz CT molecular complexity index is 1940. The molecule has 0 saturated heterocycles. The van der Waals surface area contributed by atoms with E-state index in [0.717, 1.165) is 11.1 Å². The summed E-state index contributed by atoms with van der Waals surface area (Å²) < 4.78 is 61.9. The van der Waals surface area contributed by atoms with E-state index in [-0.39, 0.29) is 32.5 Å². The summed E-state index contributed by atoms with van der Waals surface area (Å²) in [5.41, 5.74) is 2.83. The second kappa shape index (κ2) is 10.5. The van der Waals surface area contributed by atoms with Crippen LogP contribution in [-0.4, -0.2) is 56.5 Å². The third-order valence-corrected chi connectivity index (χ3v) is 8.56. The Kier molecular flexibility index (Phi) is 6.86. The molecule has 0 aliphatic carbocycles. The highest BCUT2D eigenvalue weighted by Gasteiger charge is 2.26.